The molecule has 2 aromatic rings. The molecule has 1 N–H and O–H groups in total. The molecule has 5 heteroatoms. The van der Waals surface area contributed by atoms with Crippen molar-refractivity contribution in [1.82, 2.24) is 4.90 Å². The van der Waals surface area contributed by atoms with Gasteiger partial charge < -0.3 is 5.32 Å². The van der Waals surface area contributed by atoms with E-state index in [2.05, 4.69) is 22.4 Å². The van der Waals surface area contributed by atoms with E-state index < -0.39 is 0 Å². The Kier molecular flexibility index (Phi) is 5.70. The highest BCUT2D eigenvalue weighted by Crippen LogP contribution is 2.17. The molecule has 1 atom stereocenters. The molecule has 0 radical (unpaired) electrons. The molecular weight excluding hydrogens is 294 g/mol. The number of hydrogen-bond donors (Lipinski definition) is 1. The van der Waals surface area contributed by atoms with Crippen LogP contribution in [0.1, 0.15) is 24.3 Å². The summed E-state index contributed by atoms with van der Waals surface area (Å²) in [7, 11) is 0. The van der Waals surface area contributed by atoms with Crippen LogP contribution in [0.2, 0.25) is 0 Å². The second kappa shape index (κ2) is 7.74. The van der Waals surface area contributed by atoms with Crippen molar-refractivity contribution < 1.29 is 4.79 Å². The number of anilines is 1. The molecule has 1 amide bonds. The molecule has 1 heterocycles. The molecule has 0 saturated carbocycles. The highest BCUT2D eigenvalue weighted by Gasteiger charge is 2.21. The van der Waals surface area contributed by atoms with Crippen LogP contribution in [0.15, 0.2) is 41.8 Å². The van der Waals surface area contributed by atoms with Gasteiger partial charge in [0, 0.05) is 11.4 Å². The van der Waals surface area contributed by atoms with Crippen LogP contribution in [0.25, 0.3) is 0 Å². The van der Waals surface area contributed by atoms with E-state index in [1.165, 1.54) is 4.88 Å². The van der Waals surface area contributed by atoms with Crippen molar-refractivity contribution in [3.63, 3.8) is 0 Å². The first kappa shape index (κ1) is 16.2. The molecule has 0 fully saturated rings. The van der Waals surface area contributed by atoms with Crippen molar-refractivity contribution in [2.45, 2.75) is 26.4 Å². The number of nitriles is 1. The lowest BCUT2D eigenvalue weighted by atomic mass is 10.1. The summed E-state index contributed by atoms with van der Waals surface area (Å²) in [5.74, 6) is -0.0962. The summed E-state index contributed by atoms with van der Waals surface area (Å²) in [5.41, 5.74) is 1.04. The molecule has 0 unspecified atom stereocenters. The number of likely N-dealkylation sites (N-methyl/N-ethyl adjacent to an activating group) is 1. The topological polar surface area (TPSA) is 56.1 Å². The van der Waals surface area contributed by atoms with Gasteiger partial charge in [0.05, 0.1) is 17.3 Å². The third-order valence-electron chi connectivity index (χ3n) is 3.58. The molecule has 0 aliphatic carbocycles. The number of amides is 1. The fraction of sp³-hybridized carbons (Fsp3) is 0.294. The molecular formula is C17H19N3OS. The Morgan fingerprint density at radius 1 is 1.36 bits per heavy atom. The molecule has 22 heavy (non-hydrogen) atoms. The lowest BCUT2D eigenvalue weighted by Gasteiger charge is -2.26. The van der Waals surface area contributed by atoms with Crippen molar-refractivity contribution in [3.05, 3.63) is 52.2 Å². The van der Waals surface area contributed by atoms with Crippen molar-refractivity contribution in [3.8, 4) is 6.07 Å². The zero-order chi connectivity index (χ0) is 15.9. The van der Waals surface area contributed by atoms with Gasteiger partial charge in [-0.3, -0.25) is 9.69 Å². The van der Waals surface area contributed by atoms with Gasteiger partial charge in [0.1, 0.15) is 6.07 Å². The number of rotatable bonds is 6. The van der Waals surface area contributed by atoms with Gasteiger partial charge in [-0.15, -0.1) is 11.3 Å². The number of thiophene rings is 1. The molecule has 1 aromatic heterocycles. The molecule has 0 bridgehead atoms. The number of para-hydroxylation sites is 1. The van der Waals surface area contributed by atoms with Crippen LogP contribution < -0.4 is 5.32 Å². The van der Waals surface area contributed by atoms with Gasteiger partial charge in [0.15, 0.2) is 0 Å². The highest BCUT2D eigenvalue weighted by molar-refractivity contribution is 7.09. The average molecular weight is 313 g/mol. The Bertz CT molecular complexity index is 661. The highest BCUT2D eigenvalue weighted by atomic mass is 32.1. The van der Waals surface area contributed by atoms with E-state index in [1.54, 1.807) is 29.5 Å². The van der Waals surface area contributed by atoms with Crippen molar-refractivity contribution in [2.75, 3.05) is 11.9 Å². The zero-order valence-electron chi connectivity index (χ0n) is 12.7. The normalized spacial score (nSPS) is 11.9. The summed E-state index contributed by atoms with van der Waals surface area (Å²) in [6, 6.07) is 13.0. The van der Waals surface area contributed by atoms with Crippen molar-refractivity contribution in [2.24, 2.45) is 0 Å². The molecule has 4 nitrogen and oxygen atoms in total. The second-order valence-corrected chi connectivity index (χ2v) is 6.00. The largest absolute Gasteiger partial charge is 0.324 e. The van der Waals surface area contributed by atoms with E-state index in [4.69, 9.17) is 5.26 Å². The van der Waals surface area contributed by atoms with Crippen LogP contribution in [0.4, 0.5) is 5.69 Å². The lowest BCUT2D eigenvalue weighted by molar-refractivity contribution is -0.120. The fourth-order valence-corrected chi connectivity index (χ4v) is 2.95. The van der Waals surface area contributed by atoms with E-state index in [9.17, 15) is 4.79 Å². The summed E-state index contributed by atoms with van der Waals surface area (Å²) in [5, 5.41) is 14.0. The van der Waals surface area contributed by atoms with Crippen LogP contribution in [0.5, 0.6) is 0 Å². The van der Waals surface area contributed by atoms with Gasteiger partial charge in [0.2, 0.25) is 5.91 Å². The van der Waals surface area contributed by atoms with Crippen LogP contribution in [-0.4, -0.2) is 23.4 Å². The van der Waals surface area contributed by atoms with Crippen LogP contribution in [0, 0.1) is 11.3 Å². The summed E-state index contributed by atoms with van der Waals surface area (Å²) >= 11 is 1.69. The van der Waals surface area contributed by atoms with Crippen molar-refractivity contribution >= 4 is 22.9 Å². The van der Waals surface area contributed by atoms with Gasteiger partial charge in [0.25, 0.3) is 0 Å². The summed E-state index contributed by atoms with van der Waals surface area (Å²) in [6.07, 6.45) is 0. The van der Waals surface area contributed by atoms with Crippen LogP contribution in [-0.2, 0) is 11.3 Å². The minimum absolute atomic E-state index is 0.0962. The van der Waals surface area contributed by atoms with E-state index in [0.717, 1.165) is 13.1 Å². The summed E-state index contributed by atoms with van der Waals surface area (Å²) < 4.78 is 0. The number of nitrogens with one attached hydrogen (secondary N) is 1. The van der Waals surface area contributed by atoms with Gasteiger partial charge in [-0.2, -0.15) is 5.26 Å². The number of carbonyl (C=O) groups is 1. The molecule has 0 spiro atoms. The summed E-state index contributed by atoms with van der Waals surface area (Å²) in [6.45, 7) is 5.47. The minimum Gasteiger partial charge on any atom is -0.324 e. The van der Waals surface area contributed by atoms with Gasteiger partial charge in [-0.05, 0) is 37.0 Å². The maximum atomic E-state index is 12.5. The first-order valence-electron chi connectivity index (χ1n) is 7.22. The molecule has 2 rings (SSSR count). The Balaban J connectivity index is 2.05. The zero-order valence-corrected chi connectivity index (χ0v) is 13.6. The van der Waals surface area contributed by atoms with Crippen molar-refractivity contribution in [1.29, 1.82) is 5.26 Å². The Labute approximate surface area is 135 Å². The number of hydrogen-bond acceptors (Lipinski definition) is 4. The smallest absolute Gasteiger partial charge is 0.241 e. The van der Waals surface area contributed by atoms with Gasteiger partial charge in [-0.1, -0.05) is 25.1 Å². The number of benzene rings is 1. The maximum absolute atomic E-state index is 12.5. The molecule has 0 aliphatic heterocycles. The van der Waals surface area contributed by atoms with E-state index in [0.29, 0.717) is 11.3 Å². The predicted molar refractivity (Wildman–Crippen MR) is 89.7 cm³/mol. The third-order valence-corrected chi connectivity index (χ3v) is 4.44. The molecule has 114 valence electrons. The Hall–Kier alpha value is -2.16. The van der Waals surface area contributed by atoms with Crippen LogP contribution in [0.3, 0.4) is 0 Å². The van der Waals surface area contributed by atoms with E-state index in [1.807, 2.05) is 31.4 Å². The van der Waals surface area contributed by atoms with E-state index in [-0.39, 0.29) is 11.9 Å². The Morgan fingerprint density at radius 2 is 2.14 bits per heavy atom. The number of nitrogens with zero attached hydrogens (tertiary/aromatic N) is 2. The first-order chi connectivity index (χ1) is 10.7. The third kappa shape index (κ3) is 3.94. The predicted octanol–water partition coefficient (Wildman–Crippen LogP) is 3.47. The maximum Gasteiger partial charge on any atom is 0.241 e. The fourth-order valence-electron chi connectivity index (χ4n) is 2.22. The Morgan fingerprint density at radius 3 is 2.77 bits per heavy atom. The quantitative estimate of drug-likeness (QED) is 0.888. The van der Waals surface area contributed by atoms with Crippen LogP contribution >= 0.6 is 11.3 Å². The standard InChI is InChI=1S/C17H19N3OS/c1-3-20(12-15-8-6-10-22-15)13(2)17(21)19-16-9-5-4-7-14(16)11-18/h4-10,13H,3,12H2,1-2H3,(H,19,21)/t13-/m0/s1. The minimum atomic E-state index is -0.265. The lowest BCUT2D eigenvalue weighted by Crippen LogP contribution is -2.41. The van der Waals surface area contributed by atoms with E-state index >= 15 is 0 Å². The second-order valence-electron chi connectivity index (χ2n) is 4.97. The average Bonchev–Trinajstić information content (AvgIpc) is 3.05. The monoisotopic (exact) mass is 313 g/mol. The molecule has 0 aliphatic rings. The SMILES string of the molecule is CCN(Cc1cccs1)[C@@H](C)C(=O)Nc1ccccc1C#N. The first-order valence-corrected chi connectivity index (χ1v) is 8.10. The number of carbonyl (C=O) groups excluding carboxylic acids is 1. The van der Waals surface area contributed by atoms with Gasteiger partial charge in [-0.25, -0.2) is 0 Å². The van der Waals surface area contributed by atoms with Gasteiger partial charge >= 0.3 is 0 Å². The molecule has 1 aromatic carbocycles. The summed E-state index contributed by atoms with van der Waals surface area (Å²) in [4.78, 5) is 15.8. The molecule has 0 saturated heterocycles.